The van der Waals surface area contributed by atoms with Crippen LogP contribution in [0.1, 0.15) is 46.5 Å². The van der Waals surface area contributed by atoms with E-state index in [0.717, 1.165) is 19.3 Å². The number of carbonyl (C=O) groups is 1. The van der Waals surface area contributed by atoms with Crippen molar-refractivity contribution in [3.05, 3.63) is 23.8 Å². The Morgan fingerprint density at radius 3 is 2.38 bits per heavy atom. The summed E-state index contributed by atoms with van der Waals surface area (Å²) < 4.78 is 0. The average molecular weight is 180 g/mol. The molecule has 0 heterocycles. The van der Waals surface area contributed by atoms with Crippen LogP contribution in [0, 0.1) is 0 Å². The highest BCUT2D eigenvalue weighted by Crippen LogP contribution is 2.06. The molecule has 0 fully saturated rings. The van der Waals surface area contributed by atoms with Crippen molar-refractivity contribution in [3.8, 4) is 0 Å². The number of Topliss-reactive ketones (excluding diaryl/α,β-unsaturated/α-hetero) is 1. The second-order valence-electron chi connectivity index (χ2n) is 3.40. The van der Waals surface area contributed by atoms with Crippen LogP contribution in [0.15, 0.2) is 23.8 Å². The quantitative estimate of drug-likeness (QED) is 0.570. The van der Waals surface area contributed by atoms with Gasteiger partial charge in [-0.25, -0.2) is 0 Å². The lowest BCUT2D eigenvalue weighted by Crippen LogP contribution is -1.87. The smallest absolute Gasteiger partial charge is 0.130 e. The van der Waals surface area contributed by atoms with E-state index in [2.05, 4.69) is 25.2 Å². The van der Waals surface area contributed by atoms with E-state index in [1.165, 1.54) is 5.57 Å². The summed E-state index contributed by atoms with van der Waals surface area (Å²) in [5, 5.41) is 0. The van der Waals surface area contributed by atoms with Crippen molar-refractivity contribution >= 4 is 5.78 Å². The third-order valence-electron chi connectivity index (χ3n) is 1.93. The molecule has 0 unspecified atom stereocenters. The molecule has 0 saturated heterocycles. The van der Waals surface area contributed by atoms with Crippen molar-refractivity contribution < 1.29 is 4.79 Å². The maximum absolute atomic E-state index is 10.6. The third kappa shape index (κ3) is 9.06. The summed E-state index contributed by atoms with van der Waals surface area (Å²) in [5.41, 5.74) is 1.39. The van der Waals surface area contributed by atoms with Gasteiger partial charge in [0.25, 0.3) is 0 Å². The molecule has 0 aromatic rings. The molecule has 0 aliphatic rings. The molecule has 0 amide bonds. The molecular weight excluding hydrogens is 160 g/mol. The van der Waals surface area contributed by atoms with Gasteiger partial charge in [0.2, 0.25) is 0 Å². The van der Waals surface area contributed by atoms with Crippen LogP contribution in [0.25, 0.3) is 0 Å². The van der Waals surface area contributed by atoms with Crippen LogP contribution < -0.4 is 0 Å². The van der Waals surface area contributed by atoms with Crippen molar-refractivity contribution in [2.75, 3.05) is 0 Å². The van der Waals surface area contributed by atoms with Crippen LogP contribution >= 0.6 is 0 Å². The minimum absolute atomic E-state index is 0.275. The molecule has 0 atom stereocenters. The molecule has 0 bridgehead atoms. The highest BCUT2D eigenvalue weighted by atomic mass is 16.1. The van der Waals surface area contributed by atoms with Gasteiger partial charge >= 0.3 is 0 Å². The Morgan fingerprint density at radius 1 is 1.15 bits per heavy atom. The molecule has 74 valence electrons. The monoisotopic (exact) mass is 180 g/mol. The largest absolute Gasteiger partial charge is 0.300 e. The lowest BCUT2D eigenvalue weighted by Gasteiger charge is -1.97. The van der Waals surface area contributed by atoms with Crippen molar-refractivity contribution in [1.29, 1.82) is 0 Å². The fourth-order valence-electron chi connectivity index (χ4n) is 1.10. The SMILES string of the molecule is CC=CCCC(C)=CCCC(C)=O. The van der Waals surface area contributed by atoms with Crippen LogP contribution in [-0.4, -0.2) is 5.78 Å². The van der Waals surface area contributed by atoms with Gasteiger partial charge in [0.05, 0.1) is 0 Å². The number of hydrogen-bond donors (Lipinski definition) is 0. The van der Waals surface area contributed by atoms with Crippen LogP contribution in [-0.2, 0) is 4.79 Å². The van der Waals surface area contributed by atoms with Gasteiger partial charge in [-0.1, -0.05) is 23.8 Å². The first-order valence-electron chi connectivity index (χ1n) is 4.93. The predicted octanol–water partition coefficient (Wildman–Crippen LogP) is 3.66. The Labute approximate surface area is 81.5 Å². The number of allylic oxidation sites excluding steroid dienone is 4. The highest BCUT2D eigenvalue weighted by Gasteiger charge is 1.91. The molecule has 1 nitrogen and oxygen atoms in total. The normalized spacial score (nSPS) is 12.4. The lowest BCUT2D eigenvalue weighted by molar-refractivity contribution is -0.116. The second kappa shape index (κ2) is 7.78. The molecule has 0 N–H and O–H groups in total. The number of ketones is 1. The van der Waals surface area contributed by atoms with E-state index in [1.807, 2.05) is 6.92 Å². The van der Waals surface area contributed by atoms with E-state index in [4.69, 9.17) is 0 Å². The van der Waals surface area contributed by atoms with Gasteiger partial charge in [-0.05, 0) is 40.0 Å². The van der Waals surface area contributed by atoms with Crippen LogP contribution in [0.5, 0.6) is 0 Å². The van der Waals surface area contributed by atoms with Crippen LogP contribution in [0.3, 0.4) is 0 Å². The first-order chi connectivity index (χ1) is 6.16. The Balaban J connectivity index is 3.56. The number of carbonyl (C=O) groups excluding carboxylic acids is 1. The van der Waals surface area contributed by atoms with E-state index in [1.54, 1.807) is 6.92 Å². The summed E-state index contributed by atoms with van der Waals surface area (Å²) in [6.45, 7) is 5.81. The summed E-state index contributed by atoms with van der Waals surface area (Å²) in [7, 11) is 0. The van der Waals surface area contributed by atoms with E-state index >= 15 is 0 Å². The molecule has 0 aromatic carbocycles. The molecule has 0 rings (SSSR count). The van der Waals surface area contributed by atoms with Gasteiger partial charge in [0.15, 0.2) is 0 Å². The molecule has 0 saturated carbocycles. The Bertz CT molecular complexity index is 199. The molecule has 0 aromatic heterocycles. The summed E-state index contributed by atoms with van der Waals surface area (Å²) in [6, 6.07) is 0. The van der Waals surface area contributed by atoms with Gasteiger partial charge in [0.1, 0.15) is 5.78 Å². The van der Waals surface area contributed by atoms with E-state index < -0.39 is 0 Å². The topological polar surface area (TPSA) is 17.1 Å². The molecular formula is C12H20O. The molecule has 0 aliphatic heterocycles. The zero-order chi connectivity index (χ0) is 10.1. The molecule has 13 heavy (non-hydrogen) atoms. The standard InChI is InChI=1S/C12H20O/c1-4-5-6-8-11(2)9-7-10-12(3)13/h4-5,9H,6-8,10H2,1-3H3. The van der Waals surface area contributed by atoms with E-state index in [9.17, 15) is 4.79 Å². The molecule has 1 heteroatoms. The predicted molar refractivity (Wildman–Crippen MR) is 57.7 cm³/mol. The summed E-state index contributed by atoms with van der Waals surface area (Å²) in [4.78, 5) is 10.6. The van der Waals surface area contributed by atoms with Gasteiger partial charge in [0, 0.05) is 6.42 Å². The summed E-state index contributed by atoms with van der Waals surface area (Å²) in [5.74, 6) is 0.275. The van der Waals surface area contributed by atoms with Gasteiger partial charge < -0.3 is 4.79 Å². The first-order valence-corrected chi connectivity index (χ1v) is 4.93. The average Bonchev–Trinajstić information content (AvgIpc) is 2.04. The zero-order valence-electron chi connectivity index (χ0n) is 8.97. The minimum Gasteiger partial charge on any atom is -0.300 e. The zero-order valence-corrected chi connectivity index (χ0v) is 8.97. The summed E-state index contributed by atoms with van der Waals surface area (Å²) >= 11 is 0. The molecule has 0 spiro atoms. The number of hydrogen-bond acceptors (Lipinski definition) is 1. The Hall–Kier alpha value is -0.850. The Morgan fingerprint density at radius 2 is 1.85 bits per heavy atom. The summed E-state index contributed by atoms with van der Waals surface area (Å²) in [6.07, 6.45) is 10.2. The van der Waals surface area contributed by atoms with Crippen LogP contribution in [0.4, 0.5) is 0 Å². The van der Waals surface area contributed by atoms with Gasteiger partial charge in [-0.2, -0.15) is 0 Å². The van der Waals surface area contributed by atoms with Gasteiger partial charge in [-0.15, -0.1) is 0 Å². The lowest BCUT2D eigenvalue weighted by atomic mass is 10.1. The Kier molecular flexibility index (Phi) is 7.27. The van der Waals surface area contributed by atoms with Gasteiger partial charge in [-0.3, -0.25) is 0 Å². The second-order valence-corrected chi connectivity index (χ2v) is 3.40. The molecule has 0 aliphatic carbocycles. The maximum atomic E-state index is 10.6. The van der Waals surface area contributed by atoms with E-state index in [-0.39, 0.29) is 5.78 Å². The number of rotatable bonds is 6. The van der Waals surface area contributed by atoms with Crippen molar-refractivity contribution in [3.63, 3.8) is 0 Å². The third-order valence-corrected chi connectivity index (χ3v) is 1.93. The first kappa shape index (κ1) is 12.2. The molecule has 0 radical (unpaired) electrons. The van der Waals surface area contributed by atoms with Crippen molar-refractivity contribution in [2.45, 2.75) is 46.5 Å². The minimum atomic E-state index is 0.275. The maximum Gasteiger partial charge on any atom is 0.130 e. The fraction of sp³-hybridized carbons (Fsp3) is 0.583. The van der Waals surface area contributed by atoms with E-state index in [0.29, 0.717) is 6.42 Å². The highest BCUT2D eigenvalue weighted by molar-refractivity contribution is 5.75. The van der Waals surface area contributed by atoms with Crippen LogP contribution in [0.2, 0.25) is 0 Å². The van der Waals surface area contributed by atoms with Crippen molar-refractivity contribution in [2.24, 2.45) is 0 Å². The fourth-order valence-corrected chi connectivity index (χ4v) is 1.10. The van der Waals surface area contributed by atoms with Crippen molar-refractivity contribution in [1.82, 2.24) is 0 Å².